The number of amides is 1. The number of aromatic nitrogens is 5. The molecule has 3 rings (SSSR count). The number of halogens is 1. The summed E-state index contributed by atoms with van der Waals surface area (Å²) in [6.07, 6.45) is 8.40. The monoisotopic (exact) mass is 412 g/mol. The molecule has 0 spiro atoms. The maximum atomic E-state index is 12.6. The molecule has 0 bridgehead atoms. The summed E-state index contributed by atoms with van der Waals surface area (Å²) in [6, 6.07) is 9.55. The topological polar surface area (TPSA) is 77.6 Å². The van der Waals surface area contributed by atoms with Crippen LogP contribution in [-0.2, 0) is 17.9 Å². The van der Waals surface area contributed by atoms with E-state index in [1.165, 1.54) is 12.4 Å². The van der Waals surface area contributed by atoms with Crippen molar-refractivity contribution in [1.29, 1.82) is 0 Å². The summed E-state index contributed by atoms with van der Waals surface area (Å²) in [7, 11) is 0. The first-order valence-electron chi connectivity index (χ1n) is 9.67. The van der Waals surface area contributed by atoms with Crippen molar-refractivity contribution in [3.05, 3.63) is 71.0 Å². The number of unbranched alkanes of at least 4 members (excludes halogenated alkanes) is 1. The second-order valence-electron chi connectivity index (χ2n) is 6.79. The highest BCUT2D eigenvalue weighted by atomic mass is 35.5. The zero-order valence-corrected chi connectivity index (χ0v) is 17.4. The van der Waals surface area contributed by atoms with Crippen LogP contribution in [0.15, 0.2) is 49.1 Å². The summed E-state index contributed by atoms with van der Waals surface area (Å²) >= 11 is 6.44. The van der Waals surface area contributed by atoms with Crippen LogP contribution in [0.4, 0.5) is 0 Å². The van der Waals surface area contributed by atoms with Gasteiger partial charge in [-0.05, 0) is 25.0 Å². The van der Waals surface area contributed by atoms with Gasteiger partial charge in [0.25, 0.3) is 0 Å². The van der Waals surface area contributed by atoms with Gasteiger partial charge in [-0.3, -0.25) is 14.2 Å². The molecule has 29 heavy (non-hydrogen) atoms. The number of nitrogens with zero attached hydrogens (tertiary/aromatic N) is 5. The van der Waals surface area contributed by atoms with Crippen LogP contribution < -0.4 is 5.32 Å². The van der Waals surface area contributed by atoms with E-state index >= 15 is 0 Å². The van der Waals surface area contributed by atoms with Crippen molar-refractivity contribution >= 4 is 23.6 Å². The summed E-state index contributed by atoms with van der Waals surface area (Å²) in [5, 5.41) is 12.2. The SMILES string of the molecule is CCCCn1nc(C)c(/C=C/C(=O)NC(Cn2cncn2)c2ccccc2)c1Cl. The summed E-state index contributed by atoms with van der Waals surface area (Å²) < 4.78 is 3.48. The Morgan fingerprint density at radius 1 is 1.31 bits per heavy atom. The van der Waals surface area contributed by atoms with Gasteiger partial charge in [0, 0.05) is 18.2 Å². The summed E-state index contributed by atoms with van der Waals surface area (Å²) in [4.78, 5) is 16.6. The fourth-order valence-electron chi connectivity index (χ4n) is 3.03. The minimum Gasteiger partial charge on any atom is -0.344 e. The highest BCUT2D eigenvalue weighted by molar-refractivity contribution is 6.31. The van der Waals surface area contributed by atoms with Crippen molar-refractivity contribution < 1.29 is 4.79 Å². The standard InChI is InChI=1S/C21H25ClN6O/c1-3-4-12-28-21(22)18(16(2)26-28)10-11-20(29)25-19(13-27-15-23-14-24-27)17-8-6-5-7-9-17/h5-11,14-15,19H,3-4,12-13H2,1-2H3,(H,25,29)/b11-10+. The van der Waals surface area contributed by atoms with Crippen LogP contribution in [-0.4, -0.2) is 30.5 Å². The predicted octanol–water partition coefficient (Wildman–Crippen LogP) is 3.81. The number of carbonyl (C=O) groups is 1. The van der Waals surface area contributed by atoms with Crippen LogP contribution in [0.1, 0.15) is 42.6 Å². The maximum absolute atomic E-state index is 12.6. The molecule has 0 aliphatic heterocycles. The largest absolute Gasteiger partial charge is 0.344 e. The van der Waals surface area contributed by atoms with Gasteiger partial charge in [0.05, 0.1) is 18.3 Å². The van der Waals surface area contributed by atoms with E-state index in [1.807, 2.05) is 37.3 Å². The van der Waals surface area contributed by atoms with E-state index in [1.54, 1.807) is 21.8 Å². The Bertz CT molecular complexity index is 949. The molecule has 0 fully saturated rings. The fraction of sp³-hybridized carbons (Fsp3) is 0.333. The summed E-state index contributed by atoms with van der Waals surface area (Å²) in [5.41, 5.74) is 2.56. The van der Waals surface area contributed by atoms with Crippen LogP contribution in [0.3, 0.4) is 0 Å². The van der Waals surface area contributed by atoms with Crippen molar-refractivity contribution in [3.8, 4) is 0 Å². The van der Waals surface area contributed by atoms with E-state index < -0.39 is 0 Å². The van der Waals surface area contributed by atoms with Gasteiger partial charge in [0.1, 0.15) is 17.8 Å². The molecular formula is C21H25ClN6O. The van der Waals surface area contributed by atoms with Gasteiger partial charge < -0.3 is 5.32 Å². The van der Waals surface area contributed by atoms with Gasteiger partial charge in [-0.15, -0.1) is 0 Å². The van der Waals surface area contributed by atoms with E-state index in [4.69, 9.17) is 11.6 Å². The lowest BCUT2D eigenvalue weighted by Crippen LogP contribution is -2.30. The smallest absolute Gasteiger partial charge is 0.244 e. The van der Waals surface area contributed by atoms with Crippen molar-refractivity contribution in [2.45, 2.75) is 45.8 Å². The minimum atomic E-state index is -0.237. The van der Waals surface area contributed by atoms with Gasteiger partial charge in [-0.2, -0.15) is 10.2 Å². The van der Waals surface area contributed by atoms with E-state index in [0.29, 0.717) is 11.7 Å². The van der Waals surface area contributed by atoms with Gasteiger partial charge in [-0.25, -0.2) is 4.98 Å². The normalized spacial score (nSPS) is 12.4. The van der Waals surface area contributed by atoms with Crippen molar-refractivity contribution in [2.24, 2.45) is 0 Å². The number of nitrogens with one attached hydrogen (secondary N) is 1. The first kappa shape index (κ1) is 20.8. The highest BCUT2D eigenvalue weighted by Crippen LogP contribution is 2.22. The fourth-order valence-corrected chi connectivity index (χ4v) is 3.35. The van der Waals surface area contributed by atoms with Crippen LogP contribution in [0.2, 0.25) is 5.15 Å². The first-order chi connectivity index (χ1) is 14.1. The van der Waals surface area contributed by atoms with Gasteiger partial charge >= 0.3 is 0 Å². The minimum absolute atomic E-state index is 0.212. The van der Waals surface area contributed by atoms with E-state index in [9.17, 15) is 4.79 Å². The van der Waals surface area contributed by atoms with E-state index in [0.717, 1.165) is 36.2 Å². The van der Waals surface area contributed by atoms with Crippen LogP contribution in [0.5, 0.6) is 0 Å². The number of carbonyl (C=O) groups excluding carboxylic acids is 1. The lowest BCUT2D eigenvalue weighted by Gasteiger charge is -2.18. The molecule has 1 unspecified atom stereocenters. The van der Waals surface area contributed by atoms with E-state index in [2.05, 4.69) is 27.4 Å². The van der Waals surface area contributed by atoms with Crippen molar-refractivity contribution in [3.63, 3.8) is 0 Å². The molecule has 2 heterocycles. The summed E-state index contributed by atoms with van der Waals surface area (Å²) in [6.45, 7) is 5.27. The Labute approximate surface area is 175 Å². The Kier molecular flexibility index (Phi) is 7.19. The molecule has 1 aromatic carbocycles. The highest BCUT2D eigenvalue weighted by Gasteiger charge is 2.15. The van der Waals surface area contributed by atoms with Crippen molar-refractivity contribution in [1.82, 2.24) is 29.9 Å². The average molecular weight is 413 g/mol. The third kappa shape index (κ3) is 5.54. The molecule has 0 saturated heterocycles. The Morgan fingerprint density at radius 3 is 2.79 bits per heavy atom. The zero-order chi connectivity index (χ0) is 20.6. The molecular weight excluding hydrogens is 388 g/mol. The molecule has 7 nitrogen and oxygen atoms in total. The molecule has 1 N–H and O–H groups in total. The maximum Gasteiger partial charge on any atom is 0.244 e. The van der Waals surface area contributed by atoms with E-state index in [-0.39, 0.29) is 11.9 Å². The van der Waals surface area contributed by atoms with Crippen LogP contribution >= 0.6 is 11.6 Å². The summed E-state index contributed by atoms with van der Waals surface area (Å²) in [5.74, 6) is -0.212. The predicted molar refractivity (Wildman–Crippen MR) is 113 cm³/mol. The number of hydrogen-bond donors (Lipinski definition) is 1. The zero-order valence-electron chi connectivity index (χ0n) is 16.6. The Hall–Kier alpha value is -2.93. The second-order valence-corrected chi connectivity index (χ2v) is 7.15. The molecule has 0 radical (unpaired) electrons. The molecule has 2 aromatic heterocycles. The molecule has 152 valence electrons. The Balaban J connectivity index is 1.72. The molecule has 0 saturated carbocycles. The third-order valence-electron chi connectivity index (χ3n) is 4.59. The number of hydrogen-bond acceptors (Lipinski definition) is 4. The quantitative estimate of drug-likeness (QED) is 0.542. The molecule has 0 aliphatic rings. The number of aryl methyl sites for hydroxylation is 2. The van der Waals surface area contributed by atoms with Crippen LogP contribution in [0.25, 0.3) is 6.08 Å². The molecule has 1 atom stereocenters. The van der Waals surface area contributed by atoms with Crippen molar-refractivity contribution in [2.75, 3.05) is 0 Å². The lowest BCUT2D eigenvalue weighted by atomic mass is 10.1. The van der Waals surface area contributed by atoms with Gasteiger partial charge in [0.2, 0.25) is 5.91 Å². The average Bonchev–Trinajstić information content (AvgIpc) is 3.33. The van der Waals surface area contributed by atoms with Gasteiger partial charge in [0.15, 0.2) is 0 Å². The molecule has 3 aromatic rings. The lowest BCUT2D eigenvalue weighted by molar-refractivity contribution is -0.117. The molecule has 0 aliphatic carbocycles. The first-order valence-corrected chi connectivity index (χ1v) is 10.0. The second kappa shape index (κ2) is 10.0. The third-order valence-corrected chi connectivity index (χ3v) is 4.99. The molecule has 8 heteroatoms. The van der Waals surface area contributed by atoms with Crippen LogP contribution in [0, 0.1) is 6.92 Å². The number of rotatable bonds is 9. The molecule has 1 amide bonds. The number of benzene rings is 1. The van der Waals surface area contributed by atoms with Gasteiger partial charge in [-0.1, -0.05) is 55.3 Å². The Morgan fingerprint density at radius 2 is 2.10 bits per heavy atom.